The standard InChI is InChI=1S/C15H13F3O4S/c1-23(19,20)14-4-2-3-13(9-14)21-10-11-5-7-12(8-6-11)22-15(16,17)18/h2-9H,10H2,1H3. The Bertz CT molecular complexity index is 768. The summed E-state index contributed by atoms with van der Waals surface area (Å²) in [6.07, 6.45) is -3.64. The zero-order valence-electron chi connectivity index (χ0n) is 12.0. The molecular formula is C15H13F3O4S. The Morgan fingerprint density at radius 3 is 2.22 bits per heavy atom. The molecule has 2 rings (SSSR count). The molecule has 0 saturated heterocycles. The van der Waals surface area contributed by atoms with Crippen molar-refractivity contribution in [3.05, 3.63) is 54.1 Å². The van der Waals surface area contributed by atoms with Crippen LogP contribution in [0.3, 0.4) is 0 Å². The van der Waals surface area contributed by atoms with Crippen LogP contribution in [0.25, 0.3) is 0 Å². The van der Waals surface area contributed by atoms with Crippen molar-refractivity contribution >= 4 is 9.84 Å². The van der Waals surface area contributed by atoms with E-state index in [0.29, 0.717) is 11.3 Å². The van der Waals surface area contributed by atoms with Gasteiger partial charge < -0.3 is 9.47 Å². The molecule has 0 amide bonds. The molecule has 2 aromatic carbocycles. The van der Waals surface area contributed by atoms with Crippen molar-refractivity contribution in [2.45, 2.75) is 17.9 Å². The van der Waals surface area contributed by atoms with Gasteiger partial charge in [0.2, 0.25) is 0 Å². The number of rotatable bonds is 5. The Morgan fingerprint density at radius 1 is 1.00 bits per heavy atom. The monoisotopic (exact) mass is 346 g/mol. The number of sulfone groups is 1. The highest BCUT2D eigenvalue weighted by atomic mass is 32.2. The minimum absolute atomic E-state index is 0.0829. The SMILES string of the molecule is CS(=O)(=O)c1cccc(OCc2ccc(OC(F)(F)F)cc2)c1. The van der Waals surface area contributed by atoms with Crippen LogP contribution in [-0.2, 0) is 16.4 Å². The highest BCUT2D eigenvalue weighted by Gasteiger charge is 2.30. The van der Waals surface area contributed by atoms with Gasteiger partial charge in [0, 0.05) is 6.26 Å². The number of hydrogen-bond acceptors (Lipinski definition) is 4. The van der Waals surface area contributed by atoms with E-state index in [4.69, 9.17) is 4.74 Å². The van der Waals surface area contributed by atoms with Crippen LogP contribution in [0, 0.1) is 0 Å². The first-order valence-corrected chi connectivity index (χ1v) is 8.30. The molecule has 0 unspecified atom stereocenters. The first kappa shape index (κ1) is 17.1. The zero-order valence-corrected chi connectivity index (χ0v) is 12.8. The topological polar surface area (TPSA) is 52.6 Å². The number of alkyl halides is 3. The molecule has 0 N–H and O–H groups in total. The lowest BCUT2D eigenvalue weighted by molar-refractivity contribution is -0.274. The molecule has 8 heteroatoms. The third kappa shape index (κ3) is 5.48. The summed E-state index contributed by atoms with van der Waals surface area (Å²) in [6.45, 7) is 0.0829. The third-order valence-corrected chi connectivity index (χ3v) is 3.91. The fourth-order valence-electron chi connectivity index (χ4n) is 1.75. The summed E-state index contributed by atoms with van der Waals surface area (Å²) < 4.78 is 68.3. The molecule has 23 heavy (non-hydrogen) atoms. The van der Waals surface area contributed by atoms with Gasteiger partial charge >= 0.3 is 6.36 Å². The predicted octanol–water partition coefficient (Wildman–Crippen LogP) is 3.57. The van der Waals surface area contributed by atoms with E-state index in [1.54, 1.807) is 12.1 Å². The van der Waals surface area contributed by atoms with E-state index < -0.39 is 16.2 Å². The molecule has 0 radical (unpaired) electrons. The van der Waals surface area contributed by atoms with Gasteiger partial charge in [-0.25, -0.2) is 8.42 Å². The molecule has 0 aliphatic rings. The molecule has 0 aliphatic carbocycles. The van der Waals surface area contributed by atoms with Gasteiger partial charge in [-0.3, -0.25) is 0 Å². The fraction of sp³-hybridized carbons (Fsp3) is 0.200. The Morgan fingerprint density at radius 2 is 1.65 bits per heavy atom. The van der Waals surface area contributed by atoms with E-state index in [2.05, 4.69) is 4.74 Å². The summed E-state index contributed by atoms with van der Waals surface area (Å²) in [5, 5.41) is 0. The average Bonchev–Trinajstić information content (AvgIpc) is 2.44. The molecular weight excluding hydrogens is 333 g/mol. The van der Waals surface area contributed by atoms with Gasteiger partial charge in [0.25, 0.3) is 0 Å². The van der Waals surface area contributed by atoms with Crippen molar-refractivity contribution < 1.29 is 31.1 Å². The van der Waals surface area contributed by atoms with Crippen LogP contribution in [0.4, 0.5) is 13.2 Å². The number of ether oxygens (including phenoxy) is 2. The average molecular weight is 346 g/mol. The molecule has 0 aliphatic heterocycles. The number of halogens is 3. The van der Waals surface area contributed by atoms with Gasteiger partial charge in [-0.2, -0.15) is 0 Å². The number of benzene rings is 2. The zero-order chi connectivity index (χ0) is 17.1. The van der Waals surface area contributed by atoms with Crippen molar-refractivity contribution in [3.63, 3.8) is 0 Å². The molecule has 0 heterocycles. The van der Waals surface area contributed by atoms with Gasteiger partial charge in [-0.15, -0.1) is 13.2 Å². The van der Waals surface area contributed by atoms with Gasteiger partial charge in [-0.05, 0) is 35.9 Å². The summed E-state index contributed by atoms with van der Waals surface area (Å²) in [5.41, 5.74) is 0.615. The lowest BCUT2D eigenvalue weighted by Crippen LogP contribution is -2.17. The van der Waals surface area contributed by atoms with Crippen molar-refractivity contribution in [1.29, 1.82) is 0 Å². The van der Waals surface area contributed by atoms with Crippen LogP contribution in [0.1, 0.15) is 5.56 Å². The van der Waals surface area contributed by atoms with Crippen molar-refractivity contribution in [2.75, 3.05) is 6.26 Å². The molecule has 0 fully saturated rings. The predicted molar refractivity (Wildman–Crippen MR) is 77.0 cm³/mol. The van der Waals surface area contributed by atoms with Crippen LogP contribution >= 0.6 is 0 Å². The van der Waals surface area contributed by atoms with Crippen LogP contribution in [0.2, 0.25) is 0 Å². The van der Waals surface area contributed by atoms with E-state index in [-0.39, 0.29) is 17.3 Å². The highest BCUT2D eigenvalue weighted by Crippen LogP contribution is 2.23. The molecule has 0 bridgehead atoms. The van der Waals surface area contributed by atoms with Crippen LogP contribution in [0.15, 0.2) is 53.4 Å². The molecule has 0 saturated carbocycles. The van der Waals surface area contributed by atoms with E-state index >= 15 is 0 Å². The molecule has 2 aromatic rings. The minimum atomic E-state index is -4.73. The Kier molecular flexibility index (Phi) is 4.84. The summed E-state index contributed by atoms with van der Waals surface area (Å²) in [4.78, 5) is 0.129. The molecule has 0 spiro atoms. The summed E-state index contributed by atoms with van der Waals surface area (Å²) >= 11 is 0. The lowest BCUT2D eigenvalue weighted by atomic mass is 10.2. The van der Waals surface area contributed by atoms with Gasteiger partial charge in [-0.1, -0.05) is 18.2 Å². The van der Waals surface area contributed by atoms with E-state index in [1.165, 1.54) is 36.4 Å². The first-order valence-electron chi connectivity index (χ1n) is 6.41. The van der Waals surface area contributed by atoms with Crippen molar-refractivity contribution in [1.82, 2.24) is 0 Å². The maximum Gasteiger partial charge on any atom is 0.573 e. The van der Waals surface area contributed by atoms with Gasteiger partial charge in [0.1, 0.15) is 18.1 Å². The maximum absolute atomic E-state index is 12.0. The van der Waals surface area contributed by atoms with Gasteiger partial charge in [0.05, 0.1) is 4.90 Å². The summed E-state index contributed by atoms with van der Waals surface area (Å²) in [7, 11) is -3.33. The first-order chi connectivity index (χ1) is 10.6. The van der Waals surface area contributed by atoms with Crippen molar-refractivity contribution in [3.8, 4) is 11.5 Å². The number of hydrogen-bond donors (Lipinski definition) is 0. The second kappa shape index (κ2) is 6.49. The molecule has 0 aromatic heterocycles. The summed E-state index contributed by atoms with van der Waals surface area (Å²) in [6, 6.07) is 11.2. The fourth-order valence-corrected chi connectivity index (χ4v) is 2.40. The quantitative estimate of drug-likeness (QED) is 0.831. The van der Waals surface area contributed by atoms with Crippen LogP contribution in [0.5, 0.6) is 11.5 Å². The summed E-state index contributed by atoms with van der Waals surface area (Å²) in [5.74, 6) is 0.0314. The van der Waals surface area contributed by atoms with E-state index in [0.717, 1.165) is 6.26 Å². The van der Waals surface area contributed by atoms with Crippen LogP contribution in [-0.4, -0.2) is 21.0 Å². The second-order valence-corrected chi connectivity index (χ2v) is 6.74. The molecule has 124 valence electrons. The second-order valence-electron chi connectivity index (χ2n) is 4.73. The maximum atomic E-state index is 12.0. The lowest BCUT2D eigenvalue weighted by Gasteiger charge is -2.10. The molecule has 0 atom stereocenters. The Hall–Kier alpha value is -2.22. The Labute approximate surface area is 131 Å². The third-order valence-electron chi connectivity index (χ3n) is 2.80. The van der Waals surface area contributed by atoms with E-state index in [9.17, 15) is 21.6 Å². The van der Waals surface area contributed by atoms with Gasteiger partial charge in [0.15, 0.2) is 9.84 Å². The van der Waals surface area contributed by atoms with Crippen molar-refractivity contribution in [2.24, 2.45) is 0 Å². The molecule has 4 nitrogen and oxygen atoms in total. The Balaban J connectivity index is 2.01. The highest BCUT2D eigenvalue weighted by molar-refractivity contribution is 7.90. The largest absolute Gasteiger partial charge is 0.573 e. The smallest absolute Gasteiger partial charge is 0.489 e. The normalized spacial score (nSPS) is 12.0. The minimum Gasteiger partial charge on any atom is -0.489 e. The van der Waals surface area contributed by atoms with E-state index in [1.807, 2.05) is 0 Å². The van der Waals surface area contributed by atoms with Crippen LogP contribution < -0.4 is 9.47 Å².